The molecular weight excluding hydrogens is 364 g/mol. The predicted octanol–water partition coefficient (Wildman–Crippen LogP) is 3.89. The summed E-state index contributed by atoms with van der Waals surface area (Å²) < 4.78 is 0. The van der Waals surface area contributed by atoms with Crippen molar-refractivity contribution >= 4 is 23.4 Å². The van der Waals surface area contributed by atoms with Gasteiger partial charge in [0.15, 0.2) is 0 Å². The molecule has 1 aromatic rings. The molecular formula is C24H30N2O3. The van der Waals surface area contributed by atoms with E-state index < -0.39 is 6.04 Å². The van der Waals surface area contributed by atoms with Crippen LogP contribution in [0.4, 0.5) is 5.69 Å². The van der Waals surface area contributed by atoms with Crippen molar-refractivity contribution in [2.75, 3.05) is 11.4 Å². The van der Waals surface area contributed by atoms with E-state index in [0.717, 1.165) is 17.7 Å². The van der Waals surface area contributed by atoms with Crippen LogP contribution < -0.4 is 4.90 Å². The summed E-state index contributed by atoms with van der Waals surface area (Å²) in [5.41, 5.74) is 2.08. The minimum absolute atomic E-state index is 0.119. The summed E-state index contributed by atoms with van der Waals surface area (Å²) in [5.74, 6) is -0.463. The lowest BCUT2D eigenvalue weighted by molar-refractivity contribution is -0.147. The Hall–Kier alpha value is -2.43. The quantitative estimate of drug-likeness (QED) is 0.575. The number of anilines is 1. The fourth-order valence-corrected chi connectivity index (χ4v) is 5.05. The zero-order chi connectivity index (χ0) is 20.7. The number of fused-ring (bicyclic) bond motifs is 2. The third kappa shape index (κ3) is 3.41. The topological polar surface area (TPSA) is 57.7 Å². The van der Waals surface area contributed by atoms with Crippen molar-refractivity contribution in [1.29, 1.82) is 0 Å². The van der Waals surface area contributed by atoms with Crippen LogP contribution in [0, 0.1) is 17.8 Å². The van der Waals surface area contributed by atoms with Gasteiger partial charge in [0.05, 0.1) is 11.8 Å². The number of imide groups is 1. The van der Waals surface area contributed by atoms with Gasteiger partial charge in [0.25, 0.3) is 0 Å². The molecule has 29 heavy (non-hydrogen) atoms. The van der Waals surface area contributed by atoms with Crippen molar-refractivity contribution in [2.24, 2.45) is 17.8 Å². The average molecular weight is 395 g/mol. The molecule has 5 nitrogen and oxygen atoms in total. The van der Waals surface area contributed by atoms with Crippen LogP contribution in [0.15, 0.2) is 36.4 Å². The smallest absolute Gasteiger partial charge is 0.250 e. The van der Waals surface area contributed by atoms with Gasteiger partial charge in [-0.05, 0) is 49.1 Å². The zero-order valence-electron chi connectivity index (χ0n) is 17.5. The second-order valence-corrected chi connectivity index (χ2v) is 9.09. The third-order valence-electron chi connectivity index (χ3n) is 6.64. The van der Waals surface area contributed by atoms with Crippen LogP contribution in [0.2, 0.25) is 0 Å². The molecule has 5 heteroatoms. The van der Waals surface area contributed by atoms with Crippen molar-refractivity contribution in [3.8, 4) is 0 Å². The second kappa shape index (κ2) is 7.77. The molecule has 0 bridgehead atoms. The van der Waals surface area contributed by atoms with Crippen LogP contribution in [0.5, 0.6) is 0 Å². The molecule has 3 aliphatic rings. The first-order valence-electron chi connectivity index (χ1n) is 10.8. The first kappa shape index (κ1) is 19.9. The van der Waals surface area contributed by atoms with Gasteiger partial charge in [-0.25, -0.2) is 0 Å². The highest BCUT2D eigenvalue weighted by atomic mass is 16.2. The summed E-state index contributed by atoms with van der Waals surface area (Å²) in [6.45, 7) is 6.87. The number of amides is 3. The highest BCUT2D eigenvalue weighted by Crippen LogP contribution is 2.39. The minimum atomic E-state index is -0.720. The minimum Gasteiger partial charge on any atom is -0.310 e. The lowest BCUT2D eigenvalue weighted by Crippen LogP contribution is -2.53. The SMILES string of the molecule is CC(C)CC(C(=O)N1CCC(C)c2ccccc21)N1C(=O)C2CC=CCC2C1=O. The molecule has 4 atom stereocenters. The molecule has 0 N–H and O–H groups in total. The van der Waals surface area contributed by atoms with E-state index in [1.165, 1.54) is 4.90 Å². The number of likely N-dealkylation sites (tertiary alicyclic amines) is 1. The fraction of sp³-hybridized carbons (Fsp3) is 0.542. The van der Waals surface area contributed by atoms with E-state index >= 15 is 0 Å². The van der Waals surface area contributed by atoms with E-state index in [9.17, 15) is 14.4 Å². The van der Waals surface area contributed by atoms with Crippen LogP contribution in [-0.4, -0.2) is 35.2 Å². The summed E-state index contributed by atoms with van der Waals surface area (Å²) in [7, 11) is 0. The number of nitrogens with zero attached hydrogens (tertiary/aromatic N) is 2. The first-order valence-corrected chi connectivity index (χ1v) is 10.8. The van der Waals surface area contributed by atoms with Gasteiger partial charge in [-0.15, -0.1) is 0 Å². The molecule has 1 aromatic carbocycles. The standard InChI is InChI=1S/C24H30N2O3/c1-15(2)14-21(26-22(27)18-9-4-5-10-19(18)23(26)28)24(29)25-13-12-16(3)17-8-6-7-11-20(17)25/h4-8,11,15-16,18-19,21H,9-10,12-14H2,1-3H3. The summed E-state index contributed by atoms with van der Waals surface area (Å²) >= 11 is 0. The summed E-state index contributed by atoms with van der Waals surface area (Å²) in [4.78, 5) is 43.2. The maximum Gasteiger partial charge on any atom is 0.250 e. The number of rotatable bonds is 4. The number of hydrogen-bond acceptors (Lipinski definition) is 3. The van der Waals surface area contributed by atoms with Gasteiger partial charge >= 0.3 is 0 Å². The Kier molecular flexibility index (Phi) is 5.32. The highest BCUT2D eigenvalue weighted by Gasteiger charge is 2.52. The number of carbonyl (C=O) groups is 3. The van der Waals surface area contributed by atoms with Gasteiger partial charge in [-0.2, -0.15) is 0 Å². The van der Waals surface area contributed by atoms with Gasteiger partial charge in [0.1, 0.15) is 6.04 Å². The molecule has 1 aliphatic carbocycles. The van der Waals surface area contributed by atoms with Crippen molar-refractivity contribution in [2.45, 2.75) is 58.4 Å². The predicted molar refractivity (Wildman–Crippen MR) is 112 cm³/mol. The first-order chi connectivity index (χ1) is 13.9. The summed E-state index contributed by atoms with van der Waals surface area (Å²) in [5, 5.41) is 0. The summed E-state index contributed by atoms with van der Waals surface area (Å²) in [6.07, 6.45) is 6.54. The Balaban J connectivity index is 1.68. The average Bonchev–Trinajstić information content (AvgIpc) is 2.97. The molecule has 3 amide bonds. The summed E-state index contributed by atoms with van der Waals surface area (Å²) in [6, 6.07) is 7.28. The van der Waals surface area contributed by atoms with E-state index in [2.05, 4.69) is 13.0 Å². The number of para-hydroxylation sites is 1. The Labute approximate surface area is 172 Å². The number of benzene rings is 1. The molecule has 4 unspecified atom stereocenters. The van der Waals surface area contributed by atoms with Crippen molar-refractivity contribution in [3.05, 3.63) is 42.0 Å². The third-order valence-corrected chi connectivity index (χ3v) is 6.64. The molecule has 0 spiro atoms. The van der Waals surface area contributed by atoms with Crippen LogP contribution in [0.25, 0.3) is 0 Å². The Morgan fingerprint density at radius 3 is 2.31 bits per heavy atom. The van der Waals surface area contributed by atoms with E-state index in [4.69, 9.17) is 0 Å². The second-order valence-electron chi connectivity index (χ2n) is 9.09. The Morgan fingerprint density at radius 1 is 1.07 bits per heavy atom. The molecule has 1 fully saturated rings. The van der Waals surface area contributed by atoms with Crippen LogP contribution in [0.3, 0.4) is 0 Å². The highest BCUT2D eigenvalue weighted by molar-refractivity contribution is 6.10. The maximum absolute atomic E-state index is 13.8. The maximum atomic E-state index is 13.8. The number of hydrogen-bond donors (Lipinski definition) is 0. The van der Waals surface area contributed by atoms with E-state index in [0.29, 0.717) is 31.7 Å². The molecule has 0 radical (unpaired) electrons. The van der Waals surface area contributed by atoms with Crippen molar-refractivity contribution < 1.29 is 14.4 Å². The van der Waals surface area contributed by atoms with Gasteiger partial charge < -0.3 is 4.90 Å². The van der Waals surface area contributed by atoms with Crippen molar-refractivity contribution in [1.82, 2.24) is 4.90 Å². The van der Waals surface area contributed by atoms with E-state index in [-0.39, 0.29) is 35.5 Å². The van der Waals surface area contributed by atoms with E-state index in [1.807, 2.05) is 49.1 Å². The normalized spacial score (nSPS) is 27.2. The fourth-order valence-electron chi connectivity index (χ4n) is 5.05. The number of carbonyl (C=O) groups excluding carboxylic acids is 3. The molecule has 4 rings (SSSR count). The monoisotopic (exact) mass is 394 g/mol. The van der Waals surface area contributed by atoms with Crippen molar-refractivity contribution in [3.63, 3.8) is 0 Å². The molecule has 2 heterocycles. The molecule has 154 valence electrons. The van der Waals surface area contributed by atoms with Gasteiger partial charge in [-0.1, -0.05) is 51.1 Å². The Morgan fingerprint density at radius 2 is 1.69 bits per heavy atom. The molecule has 1 saturated heterocycles. The zero-order valence-corrected chi connectivity index (χ0v) is 17.5. The van der Waals surface area contributed by atoms with Crippen LogP contribution in [0.1, 0.15) is 57.9 Å². The van der Waals surface area contributed by atoms with Crippen LogP contribution >= 0.6 is 0 Å². The lowest BCUT2D eigenvalue weighted by Gasteiger charge is -2.37. The lowest BCUT2D eigenvalue weighted by atomic mass is 9.85. The number of allylic oxidation sites excluding steroid dienone is 2. The van der Waals surface area contributed by atoms with Gasteiger partial charge in [-0.3, -0.25) is 19.3 Å². The van der Waals surface area contributed by atoms with Gasteiger partial charge in [0.2, 0.25) is 17.7 Å². The van der Waals surface area contributed by atoms with Gasteiger partial charge in [0, 0.05) is 12.2 Å². The van der Waals surface area contributed by atoms with E-state index in [1.54, 1.807) is 0 Å². The molecule has 0 aromatic heterocycles. The Bertz CT molecular complexity index is 833. The largest absolute Gasteiger partial charge is 0.310 e. The van der Waals surface area contributed by atoms with Crippen LogP contribution in [-0.2, 0) is 14.4 Å². The molecule has 0 saturated carbocycles. The molecule has 2 aliphatic heterocycles.